The van der Waals surface area contributed by atoms with Crippen LogP contribution in [0.5, 0.6) is 17.2 Å². The summed E-state index contributed by atoms with van der Waals surface area (Å²) in [6.07, 6.45) is 0. The number of nitrogens with one attached hydrogen (secondary N) is 2. The molecule has 2 aliphatic heterocycles. The minimum atomic E-state index is -0.502. The van der Waals surface area contributed by atoms with Crippen molar-refractivity contribution in [2.24, 2.45) is 0 Å². The Hall–Kier alpha value is -4.01. The lowest BCUT2D eigenvalue weighted by Crippen LogP contribution is -2.31. The number of fused-ring (bicyclic) bond motifs is 2. The molecule has 1 amide bonds. The van der Waals surface area contributed by atoms with E-state index in [1.54, 1.807) is 4.68 Å². The van der Waals surface area contributed by atoms with E-state index in [9.17, 15) is 4.79 Å². The number of para-hydroxylation sites is 2. The molecule has 9 nitrogen and oxygen atoms in total. The Morgan fingerprint density at radius 2 is 1.97 bits per heavy atom. The smallest absolute Gasteiger partial charge is 0.255 e. The maximum atomic E-state index is 13.6. The van der Waals surface area contributed by atoms with E-state index in [1.807, 2.05) is 63.2 Å². The number of carbonyl (C=O) groups excluding carboxylic acids is 1. The first-order valence-corrected chi connectivity index (χ1v) is 10.9. The van der Waals surface area contributed by atoms with Crippen molar-refractivity contribution in [3.05, 3.63) is 65.1 Å². The molecule has 3 heterocycles. The summed E-state index contributed by atoms with van der Waals surface area (Å²) in [6, 6.07) is 12.6. The number of aromatic nitrogens is 3. The number of nitrogens with zero attached hydrogens (tertiary/aromatic N) is 3. The van der Waals surface area contributed by atoms with E-state index in [0.717, 1.165) is 5.56 Å². The Morgan fingerprint density at radius 3 is 2.79 bits per heavy atom. The second kappa shape index (κ2) is 8.50. The van der Waals surface area contributed by atoms with Gasteiger partial charge in [0, 0.05) is 5.70 Å². The molecule has 0 bridgehead atoms. The van der Waals surface area contributed by atoms with Crippen molar-refractivity contribution in [2.45, 2.75) is 26.8 Å². The van der Waals surface area contributed by atoms with Crippen molar-refractivity contribution in [1.82, 2.24) is 14.8 Å². The molecule has 33 heavy (non-hydrogen) atoms. The van der Waals surface area contributed by atoms with E-state index in [1.165, 1.54) is 0 Å². The number of ether oxygens (including phenoxy) is 3. The zero-order chi connectivity index (χ0) is 22.9. The average Bonchev–Trinajstić information content (AvgIpc) is 3.18. The summed E-state index contributed by atoms with van der Waals surface area (Å²) in [4.78, 5) is 18.1. The fourth-order valence-electron chi connectivity index (χ4n) is 4.13. The topological polar surface area (TPSA) is 99.5 Å². The number of allylic oxidation sites excluding steroid dienone is 1. The molecule has 2 aromatic carbocycles. The van der Waals surface area contributed by atoms with Crippen LogP contribution in [0.15, 0.2) is 53.7 Å². The van der Waals surface area contributed by atoms with Gasteiger partial charge in [-0.1, -0.05) is 18.2 Å². The van der Waals surface area contributed by atoms with Gasteiger partial charge in [0.05, 0.1) is 17.9 Å². The first-order valence-electron chi connectivity index (χ1n) is 10.9. The minimum absolute atomic E-state index is 0.258. The van der Waals surface area contributed by atoms with Crippen molar-refractivity contribution >= 4 is 17.5 Å². The van der Waals surface area contributed by atoms with Crippen molar-refractivity contribution < 1.29 is 19.0 Å². The highest BCUT2D eigenvalue weighted by molar-refractivity contribution is 6.06. The van der Waals surface area contributed by atoms with Gasteiger partial charge in [-0.05, 0) is 50.6 Å². The van der Waals surface area contributed by atoms with E-state index in [4.69, 9.17) is 14.2 Å². The van der Waals surface area contributed by atoms with Crippen LogP contribution < -0.4 is 24.8 Å². The van der Waals surface area contributed by atoms with Crippen LogP contribution in [0.2, 0.25) is 0 Å². The molecule has 9 heteroatoms. The quantitative estimate of drug-likeness (QED) is 0.615. The number of amides is 1. The summed E-state index contributed by atoms with van der Waals surface area (Å²) in [7, 11) is 0. The number of anilines is 2. The van der Waals surface area contributed by atoms with Crippen LogP contribution in [0.25, 0.3) is 0 Å². The first-order chi connectivity index (χ1) is 16.0. The van der Waals surface area contributed by atoms with Crippen LogP contribution >= 0.6 is 0 Å². The van der Waals surface area contributed by atoms with Crippen LogP contribution in [0.3, 0.4) is 0 Å². The largest absolute Gasteiger partial charge is 0.492 e. The summed E-state index contributed by atoms with van der Waals surface area (Å²) in [5.41, 5.74) is 2.66. The monoisotopic (exact) mass is 447 g/mol. The molecule has 0 aliphatic carbocycles. The van der Waals surface area contributed by atoms with Crippen LogP contribution in [-0.2, 0) is 4.79 Å². The van der Waals surface area contributed by atoms with Gasteiger partial charge in [0.15, 0.2) is 11.5 Å². The molecule has 170 valence electrons. The Labute approximate surface area is 191 Å². The van der Waals surface area contributed by atoms with Gasteiger partial charge in [0.1, 0.15) is 30.8 Å². The highest BCUT2D eigenvalue weighted by Crippen LogP contribution is 2.40. The molecule has 1 unspecified atom stereocenters. The van der Waals surface area contributed by atoms with Gasteiger partial charge in [-0.2, -0.15) is 10.1 Å². The molecule has 0 spiro atoms. The molecular formula is C24H25N5O4. The summed E-state index contributed by atoms with van der Waals surface area (Å²) < 4.78 is 18.9. The molecule has 0 radical (unpaired) electrons. The molecule has 1 aromatic heterocycles. The summed E-state index contributed by atoms with van der Waals surface area (Å²) in [6.45, 7) is 7.08. The number of aryl methyl sites for hydroxylation is 1. The predicted octanol–water partition coefficient (Wildman–Crippen LogP) is 3.68. The Balaban J connectivity index is 1.57. The van der Waals surface area contributed by atoms with Crippen LogP contribution in [0.4, 0.5) is 11.6 Å². The minimum Gasteiger partial charge on any atom is -0.492 e. The van der Waals surface area contributed by atoms with Crippen molar-refractivity contribution in [3.63, 3.8) is 0 Å². The average molecular weight is 447 g/mol. The second-order valence-electron chi connectivity index (χ2n) is 7.78. The van der Waals surface area contributed by atoms with E-state index >= 15 is 0 Å². The van der Waals surface area contributed by atoms with Crippen LogP contribution in [-0.4, -0.2) is 40.5 Å². The van der Waals surface area contributed by atoms with Gasteiger partial charge in [-0.25, -0.2) is 4.68 Å². The SMILES string of the molecule is CCOc1ccccc1NC(=O)C1=C(C)Nc2nc(C)nn2C1c1ccc2c(c1)OCCO2. The van der Waals surface area contributed by atoms with E-state index < -0.39 is 6.04 Å². The molecule has 0 saturated heterocycles. The summed E-state index contributed by atoms with van der Waals surface area (Å²) in [5.74, 6) is 2.88. The van der Waals surface area contributed by atoms with Gasteiger partial charge >= 0.3 is 0 Å². The molecule has 0 saturated carbocycles. The predicted molar refractivity (Wildman–Crippen MR) is 123 cm³/mol. The Morgan fingerprint density at radius 1 is 1.18 bits per heavy atom. The molecule has 2 N–H and O–H groups in total. The maximum Gasteiger partial charge on any atom is 0.255 e. The summed E-state index contributed by atoms with van der Waals surface area (Å²) in [5, 5.41) is 10.8. The third kappa shape index (κ3) is 3.86. The zero-order valence-electron chi connectivity index (χ0n) is 18.7. The molecule has 3 aromatic rings. The summed E-state index contributed by atoms with van der Waals surface area (Å²) >= 11 is 0. The number of hydrogen-bond acceptors (Lipinski definition) is 7. The highest BCUT2D eigenvalue weighted by Gasteiger charge is 2.35. The van der Waals surface area contributed by atoms with Gasteiger partial charge in [0.25, 0.3) is 5.91 Å². The van der Waals surface area contributed by atoms with Crippen molar-refractivity contribution in [2.75, 3.05) is 30.5 Å². The number of benzene rings is 2. The molecule has 1 atom stereocenters. The van der Waals surface area contributed by atoms with Gasteiger partial charge < -0.3 is 24.8 Å². The number of carbonyl (C=O) groups is 1. The lowest BCUT2D eigenvalue weighted by atomic mass is 9.94. The Bertz CT molecular complexity index is 1250. The van der Waals surface area contributed by atoms with E-state index in [2.05, 4.69) is 20.7 Å². The van der Waals surface area contributed by atoms with Crippen molar-refractivity contribution in [3.8, 4) is 17.2 Å². The van der Waals surface area contributed by atoms with Gasteiger partial charge in [-0.15, -0.1) is 0 Å². The van der Waals surface area contributed by atoms with Crippen molar-refractivity contribution in [1.29, 1.82) is 0 Å². The fraction of sp³-hybridized carbons (Fsp3) is 0.292. The zero-order valence-corrected chi connectivity index (χ0v) is 18.7. The Kier molecular flexibility index (Phi) is 5.37. The van der Waals surface area contributed by atoms with E-state index in [-0.39, 0.29) is 5.91 Å². The van der Waals surface area contributed by atoms with Gasteiger partial charge in [-0.3, -0.25) is 4.79 Å². The third-order valence-corrected chi connectivity index (χ3v) is 5.52. The lowest BCUT2D eigenvalue weighted by Gasteiger charge is -2.29. The molecule has 5 rings (SSSR count). The third-order valence-electron chi connectivity index (χ3n) is 5.52. The number of rotatable bonds is 5. The lowest BCUT2D eigenvalue weighted by molar-refractivity contribution is -0.113. The molecular weight excluding hydrogens is 422 g/mol. The standard InChI is InChI=1S/C24H25N5O4/c1-4-31-18-8-6-5-7-17(18)27-23(30)21-14(2)25-24-26-15(3)28-29(24)22(21)16-9-10-19-20(13-16)33-12-11-32-19/h5-10,13,22H,4,11-12H2,1-3H3,(H,27,30)(H,25,26,28). The van der Waals surface area contributed by atoms with Crippen LogP contribution in [0.1, 0.15) is 31.3 Å². The molecule has 0 fully saturated rings. The maximum absolute atomic E-state index is 13.6. The first kappa shape index (κ1) is 20.9. The highest BCUT2D eigenvalue weighted by atomic mass is 16.6. The number of hydrogen-bond donors (Lipinski definition) is 2. The van der Waals surface area contributed by atoms with Crippen LogP contribution in [0, 0.1) is 6.92 Å². The normalized spacial score (nSPS) is 16.6. The molecule has 2 aliphatic rings. The second-order valence-corrected chi connectivity index (χ2v) is 7.78. The van der Waals surface area contributed by atoms with Gasteiger partial charge in [0.2, 0.25) is 5.95 Å². The van der Waals surface area contributed by atoms with E-state index in [0.29, 0.717) is 65.8 Å². The fourth-order valence-corrected chi connectivity index (χ4v) is 4.13.